The van der Waals surface area contributed by atoms with Gasteiger partial charge in [0.2, 0.25) is 11.7 Å². The number of halogens is 1. The lowest BCUT2D eigenvalue weighted by Gasteiger charge is -2.25. The van der Waals surface area contributed by atoms with E-state index in [1.807, 2.05) is 0 Å². The molecule has 1 aromatic rings. The topological polar surface area (TPSA) is 133 Å². The van der Waals surface area contributed by atoms with Crippen LogP contribution in [0.5, 0.6) is 0 Å². The van der Waals surface area contributed by atoms with Gasteiger partial charge in [0.25, 0.3) is 5.56 Å². The summed E-state index contributed by atoms with van der Waals surface area (Å²) in [6.07, 6.45) is -0.650. The number of aromatic amines is 1. The molecule has 1 fully saturated rings. The van der Waals surface area contributed by atoms with E-state index >= 15 is 0 Å². The highest BCUT2D eigenvalue weighted by Gasteiger charge is 2.38. The summed E-state index contributed by atoms with van der Waals surface area (Å²) in [4.78, 5) is 49.2. The number of β-amino-alcohol motifs (C(OH)–C–C–N with tert-alkyl or cyclic N) is 1. The minimum absolute atomic E-state index is 0.0471. The van der Waals surface area contributed by atoms with Gasteiger partial charge in [-0.3, -0.25) is 23.9 Å². The number of H-pyrrole nitrogens is 1. The first kappa shape index (κ1) is 18.8. The standard InChI is InChI=1S/C15H20FN3O6/c1-15(2,4-12(22)23)3-11(21)18-6-9(10(20)7-18)19-5-8(16)13(24)17-14(19)25/h5,9-10,20H,3-4,6-7H2,1-2H3,(H,22,23)(H,17,24,25)/t9-,10-/m1/s1. The van der Waals surface area contributed by atoms with Gasteiger partial charge < -0.3 is 15.1 Å². The Bertz CT molecular complexity index is 799. The summed E-state index contributed by atoms with van der Waals surface area (Å²) in [5.41, 5.74) is -2.81. The van der Waals surface area contributed by atoms with Gasteiger partial charge in [0.15, 0.2) is 0 Å². The van der Waals surface area contributed by atoms with E-state index in [0.717, 1.165) is 4.57 Å². The van der Waals surface area contributed by atoms with Crippen LogP contribution in [0.3, 0.4) is 0 Å². The third-order valence-electron chi connectivity index (χ3n) is 4.15. The SMILES string of the molecule is CC(C)(CC(=O)O)CC(=O)N1C[C@@H](O)[C@H](n2cc(F)c(=O)[nH]c2=O)C1. The van der Waals surface area contributed by atoms with E-state index in [4.69, 9.17) is 5.11 Å². The summed E-state index contributed by atoms with van der Waals surface area (Å²) in [7, 11) is 0. The van der Waals surface area contributed by atoms with Crippen molar-refractivity contribution in [1.82, 2.24) is 14.5 Å². The van der Waals surface area contributed by atoms with Crippen molar-refractivity contribution in [3.63, 3.8) is 0 Å². The summed E-state index contributed by atoms with van der Waals surface area (Å²) >= 11 is 0. The smallest absolute Gasteiger partial charge is 0.328 e. The maximum atomic E-state index is 13.4. The Kier molecular flexibility index (Phi) is 5.12. The number of carbonyl (C=O) groups is 2. The highest BCUT2D eigenvalue weighted by molar-refractivity contribution is 5.78. The van der Waals surface area contributed by atoms with Crippen LogP contribution in [0.2, 0.25) is 0 Å². The fourth-order valence-corrected chi connectivity index (χ4v) is 2.95. The third-order valence-corrected chi connectivity index (χ3v) is 4.15. The first-order valence-electron chi connectivity index (χ1n) is 7.69. The molecule has 0 aromatic carbocycles. The van der Waals surface area contributed by atoms with Crippen molar-refractivity contribution in [2.45, 2.75) is 38.8 Å². The molecule has 0 saturated carbocycles. The number of carboxylic acid groups (broad SMARTS) is 1. The number of aliphatic carboxylic acids is 1. The zero-order chi connectivity index (χ0) is 18.9. The van der Waals surface area contributed by atoms with Crippen molar-refractivity contribution >= 4 is 11.9 Å². The first-order valence-corrected chi connectivity index (χ1v) is 7.69. The van der Waals surface area contributed by atoms with Gasteiger partial charge in [0.05, 0.1) is 24.8 Å². The number of rotatable bonds is 5. The zero-order valence-corrected chi connectivity index (χ0v) is 13.9. The fourth-order valence-electron chi connectivity index (χ4n) is 2.95. The Hall–Kier alpha value is -2.49. The Morgan fingerprint density at radius 1 is 1.32 bits per heavy atom. The van der Waals surface area contributed by atoms with Crippen LogP contribution in [-0.2, 0) is 9.59 Å². The lowest BCUT2D eigenvalue weighted by Crippen LogP contribution is -2.38. The van der Waals surface area contributed by atoms with Crippen LogP contribution in [-0.4, -0.2) is 55.7 Å². The predicted octanol–water partition coefficient (Wildman–Crippen LogP) is -0.689. The van der Waals surface area contributed by atoms with Crippen molar-refractivity contribution in [3.8, 4) is 0 Å². The molecule has 138 valence electrons. The molecule has 0 radical (unpaired) electrons. The number of nitrogens with zero attached hydrogens (tertiary/aromatic N) is 2. The summed E-state index contributed by atoms with van der Waals surface area (Å²) in [5.74, 6) is -2.56. The van der Waals surface area contributed by atoms with Gasteiger partial charge in [0, 0.05) is 19.5 Å². The normalized spacial score (nSPS) is 20.7. The van der Waals surface area contributed by atoms with Gasteiger partial charge in [-0.15, -0.1) is 0 Å². The second kappa shape index (κ2) is 6.79. The zero-order valence-electron chi connectivity index (χ0n) is 13.9. The number of hydrogen-bond donors (Lipinski definition) is 3. The minimum Gasteiger partial charge on any atom is -0.481 e. The van der Waals surface area contributed by atoms with Crippen molar-refractivity contribution in [3.05, 3.63) is 32.9 Å². The summed E-state index contributed by atoms with van der Waals surface area (Å²) < 4.78 is 14.3. The average molecular weight is 357 g/mol. The molecule has 10 heteroatoms. The van der Waals surface area contributed by atoms with Gasteiger partial charge in [-0.25, -0.2) is 4.79 Å². The molecular formula is C15H20FN3O6. The molecule has 1 aliphatic rings. The largest absolute Gasteiger partial charge is 0.481 e. The molecule has 3 N–H and O–H groups in total. The highest BCUT2D eigenvalue weighted by atomic mass is 19.1. The van der Waals surface area contributed by atoms with E-state index in [1.165, 1.54) is 4.90 Å². The molecule has 25 heavy (non-hydrogen) atoms. The number of carbonyl (C=O) groups excluding carboxylic acids is 1. The molecule has 2 atom stereocenters. The number of likely N-dealkylation sites (tertiary alicyclic amines) is 1. The third kappa shape index (κ3) is 4.32. The highest BCUT2D eigenvalue weighted by Crippen LogP contribution is 2.28. The molecule has 2 rings (SSSR count). The summed E-state index contributed by atoms with van der Waals surface area (Å²) in [6.45, 7) is 3.17. The van der Waals surface area contributed by atoms with Crippen LogP contribution in [0.1, 0.15) is 32.7 Å². The van der Waals surface area contributed by atoms with Gasteiger partial charge in [0.1, 0.15) is 0 Å². The molecule has 1 saturated heterocycles. The van der Waals surface area contributed by atoms with Gasteiger partial charge in [-0.1, -0.05) is 13.8 Å². The molecule has 0 unspecified atom stereocenters. The number of aliphatic hydroxyl groups is 1. The number of carboxylic acids is 1. The first-order chi connectivity index (χ1) is 11.5. The second-order valence-electron chi connectivity index (χ2n) is 6.99. The van der Waals surface area contributed by atoms with Crippen LogP contribution >= 0.6 is 0 Å². The van der Waals surface area contributed by atoms with E-state index in [2.05, 4.69) is 0 Å². The van der Waals surface area contributed by atoms with Crippen LogP contribution in [0.15, 0.2) is 15.8 Å². The predicted molar refractivity (Wildman–Crippen MR) is 83.6 cm³/mol. The molecule has 0 spiro atoms. The Balaban J connectivity index is 2.15. The number of hydrogen-bond acceptors (Lipinski definition) is 5. The number of aromatic nitrogens is 2. The Morgan fingerprint density at radius 3 is 2.56 bits per heavy atom. The van der Waals surface area contributed by atoms with E-state index in [-0.39, 0.29) is 31.8 Å². The van der Waals surface area contributed by atoms with E-state index in [9.17, 15) is 28.7 Å². The van der Waals surface area contributed by atoms with E-state index in [1.54, 1.807) is 18.8 Å². The maximum Gasteiger partial charge on any atom is 0.328 e. The quantitative estimate of drug-likeness (QED) is 0.639. The lowest BCUT2D eigenvalue weighted by atomic mass is 9.85. The molecule has 1 aliphatic heterocycles. The Labute approximate surface area is 141 Å². The fraction of sp³-hybridized carbons (Fsp3) is 0.600. The van der Waals surface area contributed by atoms with E-state index in [0.29, 0.717) is 6.20 Å². The molecule has 1 amide bonds. The molecular weight excluding hydrogens is 337 g/mol. The molecule has 0 aliphatic carbocycles. The molecule has 1 aromatic heterocycles. The number of nitrogens with one attached hydrogen (secondary N) is 1. The Morgan fingerprint density at radius 2 is 1.96 bits per heavy atom. The minimum atomic E-state index is -1.17. The van der Waals surface area contributed by atoms with Crippen LogP contribution in [0, 0.1) is 11.2 Å². The second-order valence-corrected chi connectivity index (χ2v) is 6.99. The van der Waals surface area contributed by atoms with Crippen LogP contribution in [0.4, 0.5) is 4.39 Å². The molecule has 2 heterocycles. The van der Waals surface area contributed by atoms with E-state index < -0.39 is 40.6 Å². The van der Waals surface area contributed by atoms with Crippen molar-refractivity contribution in [1.29, 1.82) is 0 Å². The van der Waals surface area contributed by atoms with Crippen molar-refractivity contribution in [2.24, 2.45) is 5.41 Å². The van der Waals surface area contributed by atoms with Crippen LogP contribution in [0.25, 0.3) is 0 Å². The van der Waals surface area contributed by atoms with Gasteiger partial charge in [-0.05, 0) is 5.41 Å². The lowest BCUT2D eigenvalue weighted by molar-refractivity contribution is -0.140. The van der Waals surface area contributed by atoms with Crippen LogP contribution < -0.4 is 11.2 Å². The average Bonchev–Trinajstić information content (AvgIpc) is 2.83. The number of amides is 1. The monoisotopic (exact) mass is 357 g/mol. The van der Waals surface area contributed by atoms with Gasteiger partial charge in [-0.2, -0.15) is 4.39 Å². The summed E-state index contributed by atoms with van der Waals surface area (Å²) in [5, 5.41) is 19.0. The van der Waals surface area contributed by atoms with Crippen molar-refractivity contribution in [2.75, 3.05) is 13.1 Å². The maximum absolute atomic E-state index is 13.4. The molecule has 9 nitrogen and oxygen atoms in total. The summed E-state index contributed by atoms with van der Waals surface area (Å²) in [6, 6.07) is -0.898. The van der Waals surface area contributed by atoms with Crippen molar-refractivity contribution < 1.29 is 24.2 Å². The number of aliphatic hydroxyl groups excluding tert-OH is 1. The molecule has 0 bridgehead atoms. The van der Waals surface area contributed by atoms with Gasteiger partial charge >= 0.3 is 11.7 Å².